The molecule has 0 atom stereocenters. The number of hydrogen-bond acceptors (Lipinski definition) is 2. The molecule has 0 aliphatic carbocycles. The van der Waals surface area contributed by atoms with Crippen molar-refractivity contribution in [3.63, 3.8) is 0 Å². The molecule has 0 saturated carbocycles. The molecule has 0 saturated heterocycles. The monoisotopic (exact) mass is 384 g/mol. The number of benzene rings is 2. The van der Waals surface area contributed by atoms with Crippen molar-refractivity contribution in [3.8, 4) is 11.4 Å². The quantitative estimate of drug-likeness (QED) is 0.493. The molecule has 0 radical (unpaired) electrons. The zero-order valence-corrected chi connectivity index (χ0v) is 13.9. The minimum Gasteiger partial charge on any atom is -0.228 e. The lowest BCUT2D eigenvalue weighted by atomic mass is 10.1. The van der Waals surface area contributed by atoms with Gasteiger partial charge in [-0.05, 0) is 40.5 Å². The maximum Gasteiger partial charge on any atom is 0.163 e. The SMILES string of the molecule is Cc1cccc(-c2nc(Cl)c3cc(Br)c(F)cc3n2)c1Cl. The van der Waals surface area contributed by atoms with Gasteiger partial charge in [-0.2, -0.15) is 0 Å². The van der Waals surface area contributed by atoms with Gasteiger partial charge in [0.05, 0.1) is 15.0 Å². The van der Waals surface area contributed by atoms with Crippen LogP contribution in [0.2, 0.25) is 10.2 Å². The topological polar surface area (TPSA) is 25.8 Å². The summed E-state index contributed by atoms with van der Waals surface area (Å²) < 4.78 is 14.0. The standard InChI is InChI=1S/C15H8BrCl2FN2/c1-7-3-2-4-8(13(7)17)15-20-12-6-11(19)10(16)5-9(12)14(18)21-15/h2-6H,1H3. The van der Waals surface area contributed by atoms with Crippen molar-refractivity contribution in [2.45, 2.75) is 6.92 Å². The first-order valence-corrected chi connectivity index (χ1v) is 7.60. The lowest BCUT2D eigenvalue weighted by molar-refractivity contribution is 0.623. The predicted molar refractivity (Wildman–Crippen MR) is 87.4 cm³/mol. The second kappa shape index (κ2) is 5.52. The van der Waals surface area contributed by atoms with Gasteiger partial charge in [0.25, 0.3) is 0 Å². The third-order valence-corrected chi connectivity index (χ3v) is 4.52. The summed E-state index contributed by atoms with van der Waals surface area (Å²) in [5, 5.41) is 1.40. The molecule has 0 unspecified atom stereocenters. The van der Waals surface area contributed by atoms with Gasteiger partial charge in [-0.25, -0.2) is 14.4 Å². The first-order valence-electron chi connectivity index (χ1n) is 6.05. The molecule has 0 N–H and O–H groups in total. The highest BCUT2D eigenvalue weighted by molar-refractivity contribution is 9.10. The largest absolute Gasteiger partial charge is 0.228 e. The summed E-state index contributed by atoms with van der Waals surface area (Å²) >= 11 is 15.6. The lowest BCUT2D eigenvalue weighted by Gasteiger charge is -2.08. The van der Waals surface area contributed by atoms with E-state index in [-0.39, 0.29) is 5.15 Å². The van der Waals surface area contributed by atoms with Crippen molar-refractivity contribution < 1.29 is 4.39 Å². The Hall–Kier alpha value is -1.23. The zero-order chi connectivity index (χ0) is 15.1. The highest BCUT2D eigenvalue weighted by atomic mass is 79.9. The number of aromatic nitrogens is 2. The molecule has 6 heteroatoms. The number of rotatable bonds is 1. The van der Waals surface area contributed by atoms with Gasteiger partial charge in [-0.1, -0.05) is 35.3 Å². The van der Waals surface area contributed by atoms with Crippen LogP contribution in [0.5, 0.6) is 0 Å². The van der Waals surface area contributed by atoms with E-state index < -0.39 is 5.82 Å². The average molecular weight is 386 g/mol. The summed E-state index contributed by atoms with van der Waals surface area (Å²) in [4.78, 5) is 8.64. The molecular formula is C15H8BrCl2FN2. The van der Waals surface area contributed by atoms with Crippen molar-refractivity contribution >= 4 is 50.0 Å². The van der Waals surface area contributed by atoms with Crippen molar-refractivity contribution in [1.29, 1.82) is 0 Å². The van der Waals surface area contributed by atoms with Crippen LogP contribution in [-0.2, 0) is 0 Å². The molecule has 2 aromatic carbocycles. The van der Waals surface area contributed by atoms with Gasteiger partial charge in [-0.15, -0.1) is 0 Å². The first kappa shape index (κ1) is 14.7. The molecule has 1 heterocycles. The Labute approximate surface area is 139 Å². The Bertz CT molecular complexity index is 868. The molecule has 0 spiro atoms. The van der Waals surface area contributed by atoms with E-state index in [4.69, 9.17) is 23.2 Å². The highest BCUT2D eigenvalue weighted by Crippen LogP contribution is 2.32. The van der Waals surface area contributed by atoms with Crippen LogP contribution in [0.15, 0.2) is 34.8 Å². The van der Waals surface area contributed by atoms with Crippen LogP contribution in [0.3, 0.4) is 0 Å². The van der Waals surface area contributed by atoms with Gasteiger partial charge in [0.2, 0.25) is 0 Å². The molecule has 3 aromatic rings. The molecule has 1 aromatic heterocycles. The molecule has 0 fully saturated rings. The van der Waals surface area contributed by atoms with Crippen LogP contribution in [0.1, 0.15) is 5.56 Å². The molecule has 0 aliphatic rings. The van der Waals surface area contributed by atoms with Crippen LogP contribution in [-0.4, -0.2) is 9.97 Å². The van der Waals surface area contributed by atoms with E-state index >= 15 is 0 Å². The normalized spacial score (nSPS) is 11.1. The van der Waals surface area contributed by atoms with E-state index in [0.717, 1.165) is 5.56 Å². The fourth-order valence-corrected chi connectivity index (χ4v) is 2.81. The lowest BCUT2D eigenvalue weighted by Crippen LogP contribution is -1.94. The summed E-state index contributed by atoms with van der Waals surface area (Å²) in [7, 11) is 0. The Morgan fingerprint density at radius 1 is 1.14 bits per heavy atom. The molecule has 0 bridgehead atoms. The van der Waals surface area contributed by atoms with E-state index in [1.54, 1.807) is 6.07 Å². The Kier molecular flexibility index (Phi) is 3.86. The molecule has 0 aliphatic heterocycles. The summed E-state index contributed by atoms with van der Waals surface area (Å²) in [6.45, 7) is 1.89. The van der Waals surface area contributed by atoms with Crippen LogP contribution in [0.25, 0.3) is 22.3 Å². The van der Waals surface area contributed by atoms with E-state index in [1.807, 2.05) is 25.1 Å². The minimum atomic E-state index is -0.404. The Balaban J connectivity index is 2.30. The van der Waals surface area contributed by atoms with Crippen LogP contribution in [0.4, 0.5) is 4.39 Å². The maximum atomic E-state index is 13.7. The Morgan fingerprint density at radius 3 is 2.67 bits per heavy atom. The van der Waals surface area contributed by atoms with Gasteiger partial charge in [0, 0.05) is 17.0 Å². The fourth-order valence-electron chi connectivity index (χ4n) is 2.03. The number of hydrogen-bond donors (Lipinski definition) is 0. The van der Waals surface area contributed by atoms with Crippen LogP contribution >= 0.6 is 39.1 Å². The summed E-state index contributed by atoms with van der Waals surface area (Å²) in [5.41, 5.74) is 2.02. The number of nitrogens with zero attached hydrogens (tertiary/aromatic N) is 2. The van der Waals surface area contributed by atoms with E-state index in [1.165, 1.54) is 6.07 Å². The molecular weight excluding hydrogens is 378 g/mol. The van der Waals surface area contributed by atoms with Crippen molar-refractivity contribution in [3.05, 3.63) is 56.4 Å². The average Bonchev–Trinajstić information content (AvgIpc) is 2.44. The van der Waals surface area contributed by atoms with Crippen molar-refractivity contribution in [1.82, 2.24) is 9.97 Å². The summed E-state index contributed by atoms with van der Waals surface area (Å²) in [6, 6.07) is 8.45. The molecule has 2 nitrogen and oxygen atoms in total. The van der Waals surface area contributed by atoms with E-state index in [0.29, 0.717) is 31.8 Å². The second-order valence-corrected chi connectivity index (χ2v) is 6.15. The fraction of sp³-hybridized carbons (Fsp3) is 0.0667. The third kappa shape index (κ3) is 2.63. The smallest absolute Gasteiger partial charge is 0.163 e. The number of fused-ring (bicyclic) bond motifs is 1. The van der Waals surface area contributed by atoms with Crippen LogP contribution < -0.4 is 0 Å². The Morgan fingerprint density at radius 2 is 1.90 bits per heavy atom. The number of halogens is 4. The summed E-state index contributed by atoms with van der Waals surface area (Å²) in [6.07, 6.45) is 0. The van der Waals surface area contributed by atoms with Gasteiger partial charge < -0.3 is 0 Å². The van der Waals surface area contributed by atoms with Crippen molar-refractivity contribution in [2.24, 2.45) is 0 Å². The predicted octanol–water partition coefficient (Wildman–Crippen LogP) is 5.81. The second-order valence-electron chi connectivity index (χ2n) is 4.56. The van der Waals surface area contributed by atoms with Gasteiger partial charge >= 0.3 is 0 Å². The van der Waals surface area contributed by atoms with E-state index in [2.05, 4.69) is 25.9 Å². The van der Waals surface area contributed by atoms with Gasteiger partial charge in [-0.3, -0.25) is 0 Å². The number of aryl methyl sites for hydroxylation is 1. The highest BCUT2D eigenvalue weighted by Gasteiger charge is 2.13. The van der Waals surface area contributed by atoms with Gasteiger partial charge in [0.15, 0.2) is 5.82 Å². The first-order chi connectivity index (χ1) is 9.97. The molecule has 0 amide bonds. The van der Waals surface area contributed by atoms with E-state index in [9.17, 15) is 4.39 Å². The molecule has 21 heavy (non-hydrogen) atoms. The molecule has 106 valence electrons. The minimum absolute atomic E-state index is 0.258. The zero-order valence-electron chi connectivity index (χ0n) is 10.8. The maximum absolute atomic E-state index is 13.7. The summed E-state index contributed by atoms with van der Waals surface area (Å²) in [5.74, 6) is -0.0264. The van der Waals surface area contributed by atoms with Gasteiger partial charge in [0.1, 0.15) is 11.0 Å². The third-order valence-electron chi connectivity index (χ3n) is 3.12. The van der Waals surface area contributed by atoms with Crippen LogP contribution in [0, 0.1) is 12.7 Å². The molecule has 3 rings (SSSR count). The van der Waals surface area contributed by atoms with Crippen molar-refractivity contribution in [2.75, 3.05) is 0 Å².